The topological polar surface area (TPSA) is 72.3 Å². The zero-order chi connectivity index (χ0) is 22.4. The van der Waals surface area contributed by atoms with Crippen molar-refractivity contribution in [2.45, 2.75) is 63.0 Å². The number of hydrogen-bond donors (Lipinski definition) is 1. The molecule has 172 valence electrons. The second kappa shape index (κ2) is 10.1. The van der Waals surface area contributed by atoms with Crippen molar-refractivity contribution in [1.29, 1.82) is 0 Å². The van der Waals surface area contributed by atoms with Gasteiger partial charge in [-0.3, -0.25) is 0 Å². The number of esters is 1. The Kier molecular flexibility index (Phi) is 7.21. The third-order valence-corrected chi connectivity index (χ3v) is 7.71. The van der Waals surface area contributed by atoms with Gasteiger partial charge >= 0.3 is 5.97 Å². The molecule has 2 aliphatic rings. The minimum atomic E-state index is -1.55. The van der Waals surface area contributed by atoms with E-state index < -0.39 is 11.6 Å². The van der Waals surface area contributed by atoms with Crippen LogP contribution in [0.4, 0.5) is 0 Å². The summed E-state index contributed by atoms with van der Waals surface area (Å²) in [5, 5.41) is 11.6. The molecule has 3 atom stereocenters. The molecular weight excluding hydrogens is 402 g/mol. The van der Waals surface area contributed by atoms with Crippen molar-refractivity contribution in [1.82, 2.24) is 9.97 Å². The minimum absolute atomic E-state index is 0.0743. The summed E-state index contributed by atoms with van der Waals surface area (Å²) in [5.41, 5.74) is 0.177. The van der Waals surface area contributed by atoms with Crippen molar-refractivity contribution < 1.29 is 19.1 Å². The summed E-state index contributed by atoms with van der Waals surface area (Å²) in [6.45, 7) is 2.49. The van der Waals surface area contributed by atoms with Crippen LogP contribution in [0.25, 0.3) is 0 Å². The van der Waals surface area contributed by atoms with Crippen LogP contribution in [0.3, 0.4) is 0 Å². The molecule has 2 unspecified atom stereocenters. The number of ether oxygens (including phenoxy) is 1. The molecule has 1 saturated heterocycles. The lowest BCUT2D eigenvalue weighted by molar-refractivity contribution is -0.921. The standard InChI is InChI=1S/C26H36N3O3/c1-29(17-7-13-23-15-16-27-20-28-23)18-8-14-24(29)19-32-25(30)26(31,22-11-5-6-12-22)21-9-3-2-4-10-21/h2-4,9-10,15-16,20,22,24,31H,5-8,11-14,17-19H2,1H3/q+1/t24?,26?,29-/m0/s1. The van der Waals surface area contributed by atoms with Gasteiger partial charge < -0.3 is 14.3 Å². The summed E-state index contributed by atoms with van der Waals surface area (Å²) >= 11 is 0. The largest absolute Gasteiger partial charge is 0.457 e. The molecule has 1 aromatic carbocycles. The molecule has 0 spiro atoms. The lowest BCUT2D eigenvalue weighted by Crippen LogP contribution is -2.52. The highest BCUT2D eigenvalue weighted by molar-refractivity contribution is 5.81. The van der Waals surface area contributed by atoms with Crippen LogP contribution < -0.4 is 0 Å². The Hall–Kier alpha value is -2.31. The molecule has 6 nitrogen and oxygen atoms in total. The van der Waals surface area contributed by atoms with Crippen LogP contribution in [0.5, 0.6) is 0 Å². The van der Waals surface area contributed by atoms with Gasteiger partial charge in [0.05, 0.1) is 20.1 Å². The molecule has 1 aliphatic heterocycles. The molecule has 1 aliphatic carbocycles. The fourth-order valence-corrected chi connectivity index (χ4v) is 5.67. The Bertz CT molecular complexity index is 872. The first-order valence-electron chi connectivity index (χ1n) is 12.1. The van der Waals surface area contributed by atoms with E-state index in [0.29, 0.717) is 12.2 Å². The maximum absolute atomic E-state index is 13.3. The van der Waals surface area contributed by atoms with Gasteiger partial charge in [-0.15, -0.1) is 0 Å². The molecule has 1 N–H and O–H groups in total. The first-order valence-corrected chi connectivity index (χ1v) is 12.1. The lowest BCUT2D eigenvalue weighted by Gasteiger charge is -2.37. The zero-order valence-electron chi connectivity index (χ0n) is 19.2. The summed E-state index contributed by atoms with van der Waals surface area (Å²) in [6, 6.07) is 11.6. The van der Waals surface area contributed by atoms with Crippen molar-refractivity contribution in [3.63, 3.8) is 0 Å². The van der Waals surface area contributed by atoms with Gasteiger partial charge in [-0.25, -0.2) is 14.8 Å². The van der Waals surface area contributed by atoms with Crippen LogP contribution >= 0.6 is 0 Å². The highest BCUT2D eigenvalue weighted by atomic mass is 16.6. The molecular formula is C26H36N3O3+. The van der Waals surface area contributed by atoms with Crippen molar-refractivity contribution in [2.75, 3.05) is 26.7 Å². The highest BCUT2D eigenvalue weighted by Crippen LogP contribution is 2.41. The van der Waals surface area contributed by atoms with E-state index in [1.807, 2.05) is 36.4 Å². The molecule has 2 heterocycles. The van der Waals surface area contributed by atoms with Gasteiger partial charge in [0.1, 0.15) is 19.0 Å². The summed E-state index contributed by atoms with van der Waals surface area (Å²) in [5.74, 6) is -0.551. The molecule has 0 amide bonds. The predicted octanol–water partition coefficient (Wildman–Crippen LogP) is 3.64. The number of hydrogen-bond acceptors (Lipinski definition) is 5. The highest BCUT2D eigenvalue weighted by Gasteiger charge is 2.48. The molecule has 0 radical (unpaired) electrons. The van der Waals surface area contributed by atoms with Gasteiger partial charge in [-0.2, -0.15) is 0 Å². The fourth-order valence-electron chi connectivity index (χ4n) is 5.67. The number of likely N-dealkylation sites (tertiary alicyclic amines) is 1. The van der Waals surface area contributed by atoms with Gasteiger partial charge in [0.25, 0.3) is 0 Å². The Morgan fingerprint density at radius 1 is 1.16 bits per heavy atom. The average molecular weight is 439 g/mol. The second-order valence-electron chi connectivity index (χ2n) is 9.74. The number of carbonyl (C=O) groups is 1. The minimum Gasteiger partial charge on any atom is -0.457 e. The van der Waals surface area contributed by atoms with Crippen LogP contribution in [0.15, 0.2) is 48.9 Å². The number of quaternary nitrogens is 1. The zero-order valence-corrected chi connectivity index (χ0v) is 19.2. The number of carbonyl (C=O) groups excluding carboxylic acids is 1. The molecule has 0 bridgehead atoms. The van der Waals surface area contributed by atoms with Gasteiger partial charge in [0.15, 0.2) is 5.60 Å². The monoisotopic (exact) mass is 438 g/mol. The van der Waals surface area contributed by atoms with Crippen molar-refractivity contribution in [2.24, 2.45) is 5.92 Å². The number of likely N-dealkylation sites (N-methyl/N-ethyl adjacent to an activating group) is 1. The van der Waals surface area contributed by atoms with E-state index in [0.717, 1.165) is 74.6 Å². The third kappa shape index (κ3) is 4.86. The number of rotatable bonds is 9. The van der Waals surface area contributed by atoms with E-state index in [4.69, 9.17) is 4.74 Å². The molecule has 6 heteroatoms. The van der Waals surface area contributed by atoms with Crippen molar-refractivity contribution in [3.8, 4) is 0 Å². The molecule has 32 heavy (non-hydrogen) atoms. The number of benzene rings is 1. The first kappa shape index (κ1) is 22.9. The molecule has 1 saturated carbocycles. The Balaban J connectivity index is 1.38. The summed E-state index contributed by atoms with van der Waals surface area (Å²) in [7, 11) is 2.27. The predicted molar refractivity (Wildman–Crippen MR) is 123 cm³/mol. The summed E-state index contributed by atoms with van der Waals surface area (Å²) in [6.07, 6.45) is 11.4. The molecule has 2 aromatic rings. The quantitative estimate of drug-likeness (QED) is 0.478. The molecule has 1 aromatic heterocycles. The SMILES string of the molecule is C[N@+]1(CCCc2ccncn2)CCCC1COC(=O)C(O)(c1ccccc1)C1CCCC1. The number of aryl methyl sites for hydroxylation is 1. The average Bonchev–Trinajstić information content (AvgIpc) is 3.49. The van der Waals surface area contributed by atoms with E-state index in [-0.39, 0.29) is 12.0 Å². The second-order valence-corrected chi connectivity index (χ2v) is 9.74. The Morgan fingerprint density at radius 3 is 2.66 bits per heavy atom. The summed E-state index contributed by atoms with van der Waals surface area (Å²) < 4.78 is 6.80. The maximum Gasteiger partial charge on any atom is 0.343 e. The number of aromatic nitrogens is 2. The van der Waals surface area contributed by atoms with Gasteiger partial charge in [0.2, 0.25) is 0 Å². The Labute approximate surface area is 191 Å². The maximum atomic E-state index is 13.3. The van der Waals surface area contributed by atoms with E-state index in [9.17, 15) is 9.90 Å². The van der Waals surface area contributed by atoms with Crippen molar-refractivity contribution >= 4 is 5.97 Å². The van der Waals surface area contributed by atoms with Gasteiger partial charge in [0, 0.05) is 37.1 Å². The first-order chi connectivity index (χ1) is 15.5. The van der Waals surface area contributed by atoms with E-state index >= 15 is 0 Å². The van der Waals surface area contributed by atoms with Crippen LogP contribution in [0.2, 0.25) is 0 Å². The number of aliphatic hydroxyl groups is 1. The number of nitrogens with zero attached hydrogens (tertiary/aromatic N) is 3. The van der Waals surface area contributed by atoms with Crippen LogP contribution in [-0.4, -0.2) is 58.3 Å². The van der Waals surface area contributed by atoms with Crippen LogP contribution in [0, 0.1) is 5.92 Å². The van der Waals surface area contributed by atoms with E-state index in [1.165, 1.54) is 0 Å². The van der Waals surface area contributed by atoms with Crippen molar-refractivity contribution in [3.05, 3.63) is 60.2 Å². The van der Waals surface area contributed by atoms with Gasteiger partial charge in [-0.1, -0.05) is 43.2 Å². The lowest BCUT2D eigenvalue weighted by atomic mass is 9.80. The molecule has 4 rings (SSSR count). The van der Waals surface area contributed by atoms with Crippen LogP contribution in [-0.2, 0) is 21.6 Å². The molecule has 2 fully saturated rings. The third-order valence-electron chi connectivity index (χ3n) is 7.71. The normalized spacial score (nSPS) is 25.5. The van der Waals surface area contributed by atoms with Gasteiger partial charge in [-0.05, 0) is 30.9 Å². The fraction of sp³-hybridized carbons (Fsp3) is 0.577. The van der Waals surface area contributed by atoms with E-state index in [2.05, 4.69) is 17.0 Å². The Morgan fingerprint density at radius 2 is 1.94 bits per heavy atom. The van der Waals surface area contributed by atoms with E-state index in [1.54, 1.807) is 12.5 Å². The van der Waals surface area contributed by atoms with Crippen LogP contribution in [0.1, 0.15) is 56.2 Å². The smallest absolute Gasteiger partial charge is 0.343 e. The summed E-state index contributed by atoms with van der Waals surface area (Å²) in [4.78, 5) is 21.6.